The van der Waals surface area contributed by atoms with Crippen LogP contribution in [0.25, 0.3) is 16.6 Å². The summed E-state index contributed by atoms with van der Waals surface area (Å²) in [6.45, 7) is 3.79. The molecule has 0 radical (unpaired) electrons. The quantitative estimate of drug-likeness (QED) is 0.377. The van der Waals surface area contributed by atoms with Crippen LogP contribution in [0.3, 0.4) is 0 Å². The van der Waals surface area contributed by atoms with Gasteiger partial charge in [-0.25, -0.2) is 0 Å². The summed E-state index contributed by atoms with van der Waals surface area (Å²) in [6, 6.07) is 24.6. The van der Waals surface area contributed by atoms with E-state index in [0.29, 0.717) is 16.9 Å². The number of aromatic nitrogens is 1. The van der Waals surface area contributed by atoms with Crippen molar-refractivity contribution in [3.63, 3.8) is 0 Å². The second kappa shape index (κ2) is 8.91. The number of Topliss-reactive ketones (excluding diaryl/α,β-unsaturated/α-hetero) is 1. The van der Waals surface area contributed by atoms with Gasteiger partial charge in [0.2, 0.25) is 0 Å². The minimum Gasteiger partial charge on any atom is -0.486 e. The van der Waals surface area contributed by atoms with Crippen molar-refractivity contribution in [1.82, 2.24) is 4.57 Å². The molecule has 0 atom stereocenters. The summed E-state index contributed by atoms with van der Waals surface area (Å²) >= 11 is 0. The second-order valence-electron chi connectivity index (χ2n) is 7.67. The highest BCUT2D eigenvalue weighted by Crippen LogP contribution is 2.33. The highest BCUT2D eigenvalue weighted by atomic mass is 16.5. The molecule has 5 nitrogen and oxygen atoms in total. The molecule has 32 heavy (non-hydrogen) atoms. The van der Waals surface area contributed by atoms with E-state index in [-0.39, 0.29) is 24.6 Å². The average molecular weight is 422 g/mol. The molecular formula is C27H22N2O3. The SMILES string of the molecule is Cc1ccc(-n2c(C)c(C(=O)c3ccccc3)c3cc(OCC(=O)CC#N)ccc32)cc1. The molecule has 4 aromatic rings. The van der Waals surface area contributed by atoms with Crippen LogP contribution in [-0.2, 0) is 4.79 Å². The van der Waals surface area contributed by atoms with E-state index in [1.807, 2.05) is 68.4 Å². The number of carbonyl (C=O) groups is 2. The van der Waals surface area contributed by atoms with Gasteiger partial charge < -0.3 is 9.30 Å². The van der Waals surface area contributed by atoms with Crippen molar-refractivity contribution < 1.29 is 14.3 Å². The Hall–Kier alpha value is -4.17. The van der Waals surface area contributed by atoms with Gasteiger partial charge in [-0.1, -0.05) is 48.0 Å². The minimum atomic E-state index is -0.290. The zero-order chi connectivity index (χ0) is 22.7. The van der Waals surface area contributed by atoms with E-state index in [2.05, 4.69) is 4.57 Å². The summed E-state index contributed by atoms with van der Waals surface area (Å²) in [7, 11) is 0. The van der Waals surface area contributed by atoms with Crippen molar-refractivity contribution in [2.75, 3.05) is 6.61 Å². The highest BCUT2D eigenvalue weighted by molar-refractivity contribution is 6.18. The van der Waals surface area contributed by atoms with Gasteiger partial charge in [-0.3, -0.25) is 9.59 Å². The Labute approximate surface area is 186 Å². The number of ketones is 2. The fraction of sp³-hybridized carbons (Fsp3) is 0.148. The van der Waals surface area contributed by atoms with E-state index in [9.17, 15) is 9.59 Å². The topological polar surface area (TPSA) is 72.1 Å². The molecule has 0 unspecified atom stereocenters. The molecule has 0 bridgehead atoms. The van der Waals surface area contributed by atoms with Gasteiger partial charge in [0.1, 0.15) is 12.4 Å². The third-order valence-electron chi connectivity index (χ3n) is 5.41. The first kappa shape index (κ1) is 21.1. The van der Waals surface area contributed by atoms with Crippen LogP contribution in [0.15, 0.2) is 72.8 Å². The average Bonchev–Trinajstić information content (AvgIpc) is 3.09. The van der Waals surface area contributed by atoms with Gasteiger partial charge in [-0.05, 0) is 44.2 Å². The third-order valence-corrected chi connectivity index (χ3v) is 5.41. The number of benzene rings is 3. The molecule has 0 saturated carbocycles. The molecule has 3 aromatic carbocycles. The lowest BCUT2D eigenvalue weighted by Crippen LogP contribution is -2.10. The molecule has 5 heteroatoms. The van der Waals surface area contributed by atoms with Crippen molar-refractivity contribution in [3.8, 4) is 17.5 Å². The number of ether oxygens (including phenoxy) is 1. The van der Waals surface area contributed by atoms with Crippen LogP contribution in [0.1, 0.15) is 33.6 Å². The Morgan fingerprint density at radius 2 is 1.69 bits per heavy atom. The summed E-state index contributed by atoms with van der Waals surface area (Å²) in [5, 5.41) is 9.42. The van der Waals surface area contributed by atoms with Gasteiger partial charge in [0, 0.05) is 22.3 Å². The Morgan fingerprint density at radius 1 is 0.969 bits per heavy atom. The fourth-order valence-corrected chi connectivity index (χ4v) is 3.84. The van der Waals surface area contributed by atoms with E-state index in [1.165, 1.54) is 0 Å². The number of aryl methyl sites for hydroxylation is 1. The molecule has 4 rings (SSSR count). The van der Waals surface area contributed by atoms with Gasteiger partial charge in [0.15, 0.2) is 11.6 Å². The van der Waals surface area contributed by atoms with Crippen molar-refractivity contribution in [2.24, 2.45) is 0 Å². The molecule has 0 amide bonds. The molecule has 158 valence electrons. The Bertz CT molecular complexity index is 1340. The van der Waals surface area contributed by atoms with Crippen LogP contribution in [-0.4, -0.2) is 22.7 Å². The zero-order valence-corrected chi connectivity index (χ0v) is 18.0. The standard InChI is InChI=1S/C27H22N2O3/c1-18-8-10-21(11-9-18)29-19(2)26(27(31)20-6-4-3-5-7-20)24-16-23(12-13-25(24)29)32-17-22(30)14-15-28/h3-13,16H,14,17H2,1-2H3. The van der Waals surface area contributed by atoms with E-state index in [0.717, 1.165) is 27.8 Å². The summed E-state index contributed by atoms with van der Waals surface area (Å²) in [4.78, 5) is 25.2. The fourth-order valence-electron chi connectivity index (χ4n) is 3.84. The molecule has 0 saturated heterocycles. The van der Waals surface area contributed by atoms with E-state index in [1.54, 1.807) is 24.3 Å². The maximum Gasteiger partial charge on any atom is 0.195 e. The van der Waals surface area contributed by atoms with Crippen LogP contribution in [0.4, 0.5) is 0 Å². The number of rotatable bonds is 7. The lowest BCUT2D eigenvalue weighted by molar-refractivity contribution is -0.120. The number of fused-ring (bicyclic) bond motifs is 1. The summed E-state index contributed by atoms with van der Waals surface area (Å²) < 4.78 is 7.68. The first-order chi connectivity index (χ1) is 15.5. The predicted octanol–water partition coefficient (Wildman–Crippen LogP) is 5.34. The number of nitriles is 1. The Morgan fingerprint density at radius 3 is 2.38 bits per heavy atom. The smallest absolute Gasteiger partial charge is 0.195 e. The molecule has 0 fully saturated rings. The molecule has 1 aromatic heterocycles. The Balaban J connectivity index is 1.87. The third kappa shape index (κ3) is 4.03. The lowest BCUT2D eigenvalue weighted by atomic mass is 10.0. The zero-order valence-electron chi connectivity index (χ0n) is 18.0. The molecular weight excluding hydrogens is 400 g/mol. The maximum absolute atomic E-state index is 13.5. The van der Waals surface area contributed by atoms with E-state index < -0.39 is 0 Å². The van der Waals surface area contributed by atoms with Crippen LogP contribution >= 0.6 is 0 Å². The largest absolute Gasteiger partial charge is 0.486 e. The minimum absolute atomic E-state index is 0.0725. The normalized spacial score (nSPS) is 10.7. The molecule has 1 heterocycles. The Kier molecular flexibility index (Phi) is 5.87. The summed E-state index contributed by atoms with van der Waals surface area (Å²) in [6.07, 6.45) is -0.192. The predicted molar refractivity (Wildman–Crippen MR) is 123 cm³/mol. The second-order valence-corrected chi connectivity index (χ2v) is 7.67. The number of nitrogens with zero attached hydrogens (tertiary/aromatic N) is 2. The summed E-state index contributed by atoms with van der Waals surface area (Å²) in [5.74, 6) is 0.116. The highest BCUT2D eigenvalue weighted by Gasteiger charge is 2.22. The van der Waals surface area contributed by atoms with Gasteiger partial charge in [0.05, 0.1) is 23.6 Å². The van der Waals surface area contributed by atoms with E-state index in [4.69, 9.17) is 10.00 Å². The van der Waals surface area contributed by atoms with Gasteiger partial charge in [-0.2, -0.15) is 5.26 Å². The molecule has 0 aliphatic rings. The maximum atomic E-state index is 13.5. The van der Waals surface area contributed by atoms with Gasteiger partial charge in [-0.15, -0.1) is 0 Å². The van der Waals surface area contributed by atoms with Crippen LogP contribution < -0.4 is 4.74 Å². The first-order valence-electron chi connectivity index (χ1n) is 10.3. The van der Waals surface area contributed by atoms with Crippen LogP contribution in [0, 0.1) is 25.2 Å². The molecule has 0 aliphatic carbocycles. The summed E-state index contributed by atoms with van der Waals surface area (Å²) in [5.41, 5.74) is 5.02. The van der Waals surface area contributed by atoms with E-state index >= 15 is 0 Å². The number of hydrogen-bond donors (Lipinski definition) is 0. The van der Waals surface area contributed by atoms with Crippen LogP contribution in [0.5, 0.6) is 5.75 Å². The first-order valence-corrected chi connectivity index (χ1v) is 10.3. The molecule has 0 aliphatic heterocycles. The monoisotopic (exact) mass is 422 g/mol. The lowest BCUT2D eigenvalue weighted by Gasteiger charge is -2.10. The molecule has 0 N–H and O–H groups in total. The number of carbonyl (C=O) groups excluding carboxylic acids is 2. The van der Waals surface area contributed by atoms with Gasteiger partial charge in [0.25, 0.3) is 0 Å². The van der Waals surface area contributed by atoms with Crippen molar-refractivity contribution >= 4 is 22.5 Å². The van der Waals surface area contributed by atoms with Crippen LogP contribution in [0.2, 0.25) is 0 Å². The molecule has 0 spiro atoms. The van der Waals surface area contributed by atoms with Crippen molar-refractivity contribution in [3.05, 3.63) is 95.2 Å². The van der Waals surface area contributed by atoms with Crippen molar-refractivity contribution in [1.29, 1.82) is 5.26 Å². The van der Waals surface area contributed by atoms with Gasteiger partial charge >= 0.3 is 0 Å². The van der Waals surface area contributed by atoms with Crippen molar-refractivity contribution in [2.45, 2.75) is 20.3 Å². The number of hydrogen-bond acceptors (Lipinski definition) is 4.